The molecule has 0 saturated carbocycles. The van der Waals surface area contributed by atoms with Gasteiger partial charge in [-0.25, -0.2) is 4.98 Å². The maximum Gasteiger partial charge on any atom is 0.231 e. The molecule has 0 spiro atoms. The van der Waals surface area contributed by atoms with Crippen molar-refractivity contribution < 1.29 is 9.47 Å². The Morgan fingerprint density at radius 1 is 0.720 bits per heavy atom. The van der Waals surface area contributed by atoms with Crippen LogP contribution in [0.15, 0.2) is 60.9 Å². The highest BCUT2D eigenvalue weighted by Crippen LogP contribution is 2.32. The molecule has 1 aromatic heterocycles. The minimum absolute atomic E-state index is 0.250. The van der Waals surface area contributed by atoms with Crippen LogP contribution in [0.5, 0.6) is 11.5 Å². The molecule has 0 N–H and O–H groups in total. The van der Waals surface area contributed by atoms with Crippen LogP contribution in [0.4, 0.5) is 0 Å². The molecule has 0 unspecified atom stereocenters. The van der Waals surface area contributed by atoms with E-state index in [9.17, 15) is 0 Å². The second-order valence-corrected chi connectivity index (χ2v) is 5.22. The molecule has 4 nitrogen and oxygen atoms in total. The van der Waals surface area contributed by atoms with Gasteiger partial charge in [-0.1, -0.05) is 30.0 Å². The average molecular weight is 324 g/mol. The van der Waals surface area contributed by atoms with Crippen LogP contribution in [0.25, 0.3) is 0 Å². The summed E-state index contributed by atoms with van der Waals surface area (Å²) >= 11 is 0. The molecule has 4 heteroatoms. The maximum absolute atomic E-state index is 5.35. The van der Waals surface area contributed by atoms with Crippen molar-refractivity contribution in [2.24, 2.45) is 0 Å². The van der Waals surface area contributed by atoms with Gasteiger partial charge < -0.3 is 9.47 Å². The predicted octanol–water partition coefficient (Wildman–Crippen LogP) is 3.00. The first-order valence-corrected chi connectivity index (χ1v) is 7.68. The van der Waals surface area contributed by atoms with Gasteiger partial charge in [0.25, 0.3) is 0 Å². The lowest BCUT2D eigenvalue weighted by molar-refractivity contribution is 0.174. The Hall–Kier alpha value is -3.76. The molecule has 0 bridgehead atoms. The Bertz CT molecular complexity index is 1040. The Balaban J connectivity index is 1.56. The van der Waals surface area contributed by atoms with Gasteiger partial charge in [0.05, 0.1) is 12.4 Å². The standard InChI is InChI=1S/C21H12N2O2/c1-2-4-16(5-3-1)6-9-18-13-22-14-19(23-18)10-7-17-8-11-20-21(12-17)25-15-24-20/h1-5,8,11-14H,15H2. The Morgan fingerprint density at radius 2 is 1.44 bits per heavy atom. The Morgan fingerprint density at radius 3 is 2.24 bits per heavy atom. The molecule has 0 aliphatic carbocycles. The minimum Gasteiger partial charge on any atom is -0.454 e. The van der Waals surface area contributed by atoms with Gasteiger partial charge in [-0.05, 0) is 42.2 Å². The summed E-state index contributed by atoms with van der Waals surface area (Å²) < 4.78 is 10.6. The third-order valence-electron chi connectivity index (χ3n) is 3.45. The van der Waals surface area contributed by atoms with Gasteiger partial charge in [0.15, 0.2) is 11.5 Å². The average Bonchev–Trinajstić information content (AvgIpc) is 3.14. The molecule has 0 fully saturated rings. The van der Waals surface area contributed by atoms with E-state index in [1.54, 1.807) is 12.4 Å². The number of fused-ring (bicyclic) bond motifs is 1. The van der Waals surface area contributed by atoms with Crippen molar-refractivity contribution in [2.75, 3.05) is 6.79 Å². The number of hydrogen-bond acceptors (Lipinski definition) is 4. The monoisotopic (exact) mass is 324 g/mol. The lowest BCUT2D eigenvalue weighted by Crippen LogP contribution is -1.92. The van der Waals surface area contributed by atoms with Gasteiger partial charge in [0, 0.05) is 11.1 Å². The van der Waals surface area contributed by atoms with Crippen molar-refractivity contribution in [1.82, 2.24) is 9.97 Å². The summed E-state index contributed by atoms with van der Waals surface area (Å²) in [4.78, 5) is 8.56. The summed E-state index contributed by atoms with van der Waals surface area (Å²) in [7, 11) is 0. The van der Waals surface area contributed by atoms with E-state index in [0.29, 0.717) is 17.1 Å². The normalized spacial score (nSPS) is 11.0. The summed E-state index contributed by atoms with van der Waals surface area (Å²) in [6.45, 7) is 0.250. The second-order valence-electron chi connectivity index (χ2n) is 5.22. The number of nitrogens with zero attached hydrogens (tertiary/aromatic N) is 2. The van der Waals surface area contributed by atoms with E-state index in [2.05, 4.69) is 33.6 Å². The molecular formula is C21H12N2O2. The fourth-order valence-corrected chi connectivity index (χ4v) is 2.25. The summed E-state index contributed by atoms with van der Waals surface area (Å²) in [5.74, 6) is 13.6. The van der Waals surface area contributed by atoms with Crippen LogP contribution >= 0.6 is 0 Å². The molecule has 1 aliphatic rings. The highest BCUT2D eigenvalue weighted by atomic mass is 16.7. The first-order valence-electron chi connectivity index (χ1n) is 7.68. The maximum atomic E-state index is 5.35. The summed E-state index contributed by atoms with van der Waals surface area (Å²) in [6.07, 6.45) is 3.25. The van der Waals surface area contributed by atoms with E-state index in [1.807, 2.05) is 48.5 Å². The Labute approximate surface area is 145 Å². The van der Waals surface area contributed by atoms with Crippen LogP contribution in [0.3, 0.4) is 0 Å². The highest BCUT2D eigenvalue weighted by molar-refractivity contribution is 5.50. The van der Waals surface area contributed by atoms with Crippen molar-refractivity contribution in [3.05, 3.63) is 83.4 Å². The summed E-state index contributed by atoms with van der Waals surface area (Å²) in [6, 6.07) is 15.3. The smallest absolute Gasteiger partial charge is 0.231 e. The van der Waals surface area contributed by atoms with Gasteiger partial charge in [-0.3, -0.25) is 4.98 Å². The number of aromatic nitrogens is 2. The van der Waals surface area contributed by atoms with E-state index in [1.165, 1.54) is 0 Å². The fourth-order valence-electron chi connectivity index (χ4n) is 2.25. The van der Waals surface area contributed by atoms with Gasteiger partial charge in [0.2, 0.25) is 6.79 Å². The van der Waals surface area contributed by atoms with E-state index in [4.69, 9.17) is 9.47 Å². The number of ether oxygens (including phenoxy) is 2. The van der Waals surface area contributed by atoms with Gasteiger partial charge in [-0.2, -0.15) is 0 Å². The van der Waals surface area contributed by atoms with Crippen molar-refractivity contribution in [1.29, 1.82) is 0 Å². The predicted molar refractivity (Wildman–Crippen MR) is 93.0 cm³/mol. The van der Waals surface area contributed by atoms with Crippen LogP contribution in [0.1, 0.15) is 22.5 Å². The zero-order valence-corrected chi connectivity index (χ0v) is 13.2. The van der Waals surface area contributed by atoms with Crippen LogP contribution in [0.2, 0.25) is 0 Å². The molecule has 118 valence electrons. The molecule has 3 aromatic rings. The molecule has 4 rings (SSSR count). The third-order valence-corrected chi connectivity index (χ3v) is 3.45. The second kappa shape index (κ2) is 6.78. The number of benzene rings is 2. The molecular weight excluding hydrogens is 312 g/mol. The molecule has 1 aliphatic heterocycles. The van der Waals surface area contributed by atoms with Crippen molar-refractivity contribution in [3.63, 3.8) is 0 Å². The van der Waals surface area contributed by atoms with Crippen molar-refractivity contribution in [3.8, 4) is 35.2 Å². The van der Waals surface area contributed by atoms with Crippen LogP contribution in [-0.4, -0.2) is 16.8 Å². The van der Waals surface area contributed by atoms with Gasteiger partial charge in [-0.15, -0.1) is 0 Å². The zero-order valence-electron chi connectivity index (χ0n) is 13.2. The SMILES string of the molecule is C(#Cc1cncc(C#Cc2ccc3c(c2)OCO3)n1)c1ccccc1. The molecule has 0 saturated heterocycles. The fraction of sp³-hybridized carbons (Fsp3) is 0.0476. The molecule has 25 heavy (non-hydrogen) atoms. The van der Waals surface area contributed by atoms with E-state index < -0.39 is 0 Å². The quantitative estimate of drug-likeness (QED) is 0.596. The topological polar surface area (TPSA) is 44.2 Å². The lowest BCUT2D eigenvalue weighted by Gasteiger charge is -1.95. The molecule has 2 aromatic carbocycles. The zero-order chi connectivity index (χ0) is 16.9. The van der Waals surface area contributed by atoms with E-state index in [-0.39, 0.29) is 6.79 Å². The van der Waals surface area contributed by atoms with Crippen LogP contribution in [-0.2, 0) is 0 Å². The lowest BCUT2D eigenvalue weighted by atomic mass is 10.2. The number of rotatable bonds is 0. The van der Waals surface area contributed by atoms with Gasteiger partial charge in [0.1, 0.15) is 11.4 Å². The first kappa shape index (κ1) is 14.8. The van der Waals surface area contributed by atoms with E-state index in [0.717, 1.165) is 16.9 Å². The molecule has 0 radical (unpaired) electrons. The Kier molecular flexibility index (Phi) is 4.02. The minimum atomic E-state index is 0.250. The third kappa shape index (κ3) is 3.60. The van der Waals surface area contributed by atoms with Gasteiger partial charge >= 0.3 is 0 Å². The largest absolute Gasteiger partial charge is 0.454 e. The highest BCUT2D eigenvalue weighted by Gasteiger charge is 2.12. The molecule has 2 heterocycles. The van der Waals surface area contributed by atoms with Crippen LogP contribution in [0, 0.1) is 23.7 Å². The first-order chi connectivity index (χ1) is 12.4. The van der Waals surface area contributed by atoms with Crippen molar-refractivity contribution >= 4 is 0 Å². The number of hydrogen-bond donors (Lipinski definition) is 0. The van der Waals surface area contributed by atoms with Crippen molar-refractivity contribution in [2.45, 2.75) is 0 Å². The molecule has 0 amide bonds. The molecule has 0 atom stereocenters. The van der Waals surface area contributed by atoms with E-state index >= 15 is 0 Å². The summed E-state index contributed by atoms with van der Waals surface area (Å²) in [5, 5.41) is 0. The van der Waals surface area contributed by atoms with Crippen LogP contribution < -0.4 is 9.47 Å². The summed E-state index contributed by atoms with van der Waals surface area (Å²) in [5.41, 5.74) is 2.91.